The van der Waals surface area contributed by atoms with Gasteiger partial charge in [0.05, 0.1) is 31.2 Å². The van der Waals surface area contributed by atoms with E-state index in [2.05, 4.69) is 45.8 Å². The van der Waals surface area contributed by atoms with Gasteiger partial charge in [-0.25, -0.2) is 33.6 Å². The van der Waals surface area contributed by atoms with Gasteiger partial charge in [-0.1, -0.05) is 42.5 Å². The molecule has 0 bridgehead atoms. The van der Waals surface area contributed by atoms with Gasteiger partial charge in [-0.05, 0) is 72.4 Å². The number of aryl methyl sites for hydroxylation is 1. The number of H-pyrrole nitrogens is 2. The molecule has 7 aromatic rings. The van der Waals surface area contributed by atoms with Gasteiger partial charge in [0.1, 0.15) is 47.8 Å². The van der Waals surface area contributed by atoms with E-state index < -0.39 is 23.6 Å². The van der Waals surface area contributed by atoms with Crippen LogP contribution in [0.5, 0.6) is 11.5 Å². The van der Waals surface area contributed by atoms with Gasteiger partial charge in [0, 0.05) is 83.2 Å². The molecule has 7 aromatic heterocycles. The average molecular weight is 997 g/mol. The maximum atomic E-state index is 12.8. The highest BCUT2D eigenvalue weighted by Crippen LogP contribution is 2.26. The second-order valence-electron chi connectivity index (χ2n) is 17.9. The van der Waals surface area contributed by atoms with Crippen LogP contribution in [-0.4, -0.2) is 110 Å². The first-order valence-corrected chi connectivity index (χ1v) is 22.7. The van der Waals surface area contributed by atoms with Gasteiger partial charge in [-0.2, -0.15) is 15.3 Å². The fourth-order valence-electron chi connectivity index (χ4n) is 6.97. The lowest BCUT2D eigenvalue weighted by molar-refractivity contribution is -0.156. The minimum atomic E-state index is -0.609. The Morgan fingerprint density at radius 1 is 0.847 bits per heavy atom. The first-order chi connectivity index (χ1) is 33.2. The van der Waals surface area contributed by atoms with Crippen LogP contribution in [0.4, 0.5) is 10.6 Å². The van der Waals surface area contributed by atoms with E-state index in [0.717, 1.165) is 27.9 Å². The van der Waals surface area contributed by atoms with Crippen molar-refractivity contribution in [3.05, 3.63) is 95.5 Å². The Labute approximate surface area is 420 Å². The minimum Gasteiger partial charge on any atom is -0.492 e. The number of pyridine rings is 2. The summed E-state index contributed by atoms with van der Waals surface area (Å²) in [6.07, 6.45) is 13.1. The van der Waals surface area contributed by atoms with Crippen molar-refractivity contribution in [2.75, 3.05) is 32.0 Å². The predicted octanol–water partition coefficient (Wildman–Crippen LogP) is 7.25. The second-order valence-corrected chi connectivity index (χ2v) is 17.9. The van der Waals surface area contributed by atoms with Crippen molar-refractivity contribution in [1.82, 2.24) is 59.6 Å². The first-order valence-electron chi connectivity index (χ1n) is 22.7. The number of carbonyl (C=O) groups excluding carboxylic acids is 3. The molecule has 7 rings (SSSR count). The van der Waals surface area contributed by atoms with Crippen molar-refractivity contribution in [3.8, 4) is 45.4 Å². The van der Waals surface area contributed by atoms with E-state index in [9.17, 15) is 19.2 Å². The minimum absolute atomic E-state index is 0. The van der Waals surface area contributed by atoms with Crippen LogP contribution in [0, 0.1) is 18.8 Å². The zero-order valence-electron chi connectivity index (χ0n) is 41.5. The summed E-state index contributed by atoms with van der Waals surface area (Å²) in [6.45, 7) is 21.4. The Morgan fingerprint density at radius 3 is 1.90 bits per heavy atom. The summed E-state index contributed by atoms with van der Waals surface area (Å²) in [5.74, 6) is 1.93. The van der Waals surface area contributed by atoms with Gasteiger partial charge in [-0.15, -0.1) is 0 Å². The summed E-state index contributed by atoms with van der Waals surface area (Å²) in [5, 5.41) is 21.0. The van der Waals surface area contributed by atoms with Crippen molar-refractivity contribution in [3.63, 3.8) is 0 Å². The highest BCUT2D eigenvalue weighted by Gasteiger charge is 2.28. The van der Waals surface area contributed by atoms with Gasteiger partial charge in [0.15, 0.2) is 17.3 Å². The number of amides is 1. The number of esters is 1. The van der Waals surface area contributed by atoms with Gasteiger partial charge in [0.25, 0.3) is 5.56 Å². The molecule has 1 atom stereocenters. The van der Waals surface area contributed by atoms with Crippen molar-refractivity contribution >= 4 is 29.3 Å². The summed E-state index contributed by atoms with van der Waals surface area (Å²) in [5.41, 5.74) is 15.9. The maximum Gasteiger partial charge on any atom is 0.407 e. The summed E-state index contributed by atoms with van der Waals surface area (Å²) in [4.78, 5) is 60.2. The Kier molecular flexibility index (Phi) is 21.4. The van der Waals surface area contributed by atoms with Crippen LogP contribution in [0.25, 0.3) is 39.5 Å². The highest BCUT2D eigenvalue weighted by atomic mass is 16.6. The number of hydrogen-bond acceptors (Lipinski definition) is 16. The van der Waals surface area contributed by atoms with Crippen LogP contribution < -0.4 is 31.8 Å². The predicted molar refractivity (Wildman–Crippen MR) is 276 cm³/mol. The number of Topliss-reactive ketones (excluding diaryl/α,β-unsaturated/α-hetero) is 1. The van der Waals surface area contributed by atoms with E-state index in [1.54, 1.807) is 90.9 Å². The molecular formula is C50H72N14O8. The second kappa shape index (κ2) is 26.4. The molecule has 22 heteroatoms. The number of ketones is 1. The average Bonchev–Trinajstić information content (AvgIpc) is 4.12. The molecule has 0 spiro atoms. The Balaban J connectivity index is 0.000000301. The quantitative estimate of drug-likeness (QED) is 0.0362. The summed E-state index contributed by atoms with van der Waals surface area (Å²) >= 11 is 0. The molecule has 0 aliphatic rings. The topological polar surface area (TPSA) is 292 Å². The van der Waals surface area contributed by atoms with Crippen LogP contribution in [0.1, 0.15) is 101 Å². The molecule has 0 aromatic carbocycles. The SMILES string of the molecule is C.C.CC(=O)C(C(=O)OC(C)C)C(C)C.CC(C)(C)OC(=O)NCCOc1ccnc(-n2cc(-c3cn[nH]c3N)cn2)c1.Cc1nc2c(-c3cnn(-c4cc(OCCN)ccn4)c3)c[nH]n2c(=O)c1C(C)C. The molecule has 0 aliphatic heterocycles. The number of nitrogens with zero attached hydrogens (tertiary/aromatic N) is 9. The Hall–Kier alpha value is -7.88. The van der Waals surface area contributed by atoms with E-state index in [0.29, 0.717) is 66.5 Å². The van der Waals surface area contributed by atoms with E-state index >= 15 is 0 Å². The van der Waals surface area contributed by atoms with Crippen molar-refractivity contribution < 1.29 is 33.3 Å². The first kappa shape index (κ1) is 58.4. The molecule has 0 aliphatic carbocycles. The molecule has 0 radical (unpaired) electrons. The number of hydrogen-bond donors (Lipinski definition) is 5. The molecular weight excluding hydrogens is 925 g/mol. The molecule has 0 fully saturated rings. The van der Waals surface area contributed by atoms with Crippen molar-refractivity contribution in [2.45, 2.75) is 109 Å². The summed E-state index contributed by atoms with van der Waals surface area (Å²) < 4.78 is 26.1. The van der Waals surface area contributed by atoms with E-state index in [1.165, 1.54) is 11.4 Å². The molecule has 1 unspecified atom stereocenters. The number of aromatic amines is 2. The number of fused-ring (bicyclic) bond motifs is 1. The number of alkyl carbamates (subject to hydrolysis) is 1. The Bertz CT molecular complexity index is 2900. The lowest BCUT2D eigenvalue weighted by atomic mass is 9.92. The smallest absolute Gasteiger partial charge is 0.407 e. The van der Waals surface area contributed by atoms with Gasteiger partial charge in [0.2, 0.25) is 0 Å². The van der Waals surface area contributed by atoms with Crippen LogP contribution in [0.3, 0.4) is 0 Å². The van der Waals surface area contributed by atoms with Crippen molar-refractivity contribution in [1.29, 1.82) is 0 Å². The van der Waals surface area contributed by atoms with E-state index in [1.807, 2.05) is 61.6 Å². The lowest BCUT2D eigenvalue weighted by Gasteiger charge is -2.19. The summed E-state index contributed by atoms with van der Waals surface area (Å²) in [7, 11) is 0. The molecule has 0 saturated heterocycles. The van der Waals surface area contributed by atoms with Gasteiger partial charge >= 0.3 is 12.1 Å². The molecule has 7 heterocycles. The highest BCUT2D eigenvalue weighted by molar-refractivity contribution is 5.98. The number of nitrogens with one attached hydrogen (secondary N) is 3. The zero-order chi connectivity index (χ0) is 51.3. The largest absolute Gasteiger partial charge is 0.492 e. The Morgan fingerprint density at radius 2 is 1.42 bits per heavy atom. The number of rotatable bonds is 16. The number of nitrogens with two attached hydrogens (primary N) is 2. The third-order valence-corrected chi connectivity index (χ3v) is 9.96. The molecule has 390 valence electrons. The number of ether oxygens (including phenoxy) is 4. The number of carbonyl (C=O) groups is 3. The lowest BCUT2D eigenvalue weighted by Crippen LogP contribution is -2.34. The fourth-order valence-corrected chi connectivity index (χ4v) is 6.97. The third kappa shape index (κ3) is 15.8. The van der Waals surface area contributed by atoms with Crippen LogP contribution in [-0.2, 0) is 19.1 Å². The maximum absolute atomic E-state index is 12.8. The van der Waals surface area contributed by atoms with E-state index in [-0.39, 0.29) is 44.1 Å². The standard InChI is InChI=1S/C20H23N7O2.C18H23N7O3.C10H18O3.2CH4/c1-12(2)18-13(3)25-19-16(10-24-27(19)20(18)28)14-9-23-26(11-14)17-8-15(4-6-22-17)29-7-5-21;1-18(2,3)28-17(26)21-6-7-27-13-4-5-20-15(8-13)25-11-12(9-23-25)14-10-22-24-16(14)19;1-6(2)9(8(5)11)10(12)13-7(3)4;;/h4,6,8-12,24H,5,7,21H2,1-3H3;4-5,8-11H,6-7H2,1-3H3,(H,21,26)(H3,19,22,24);6-7,9H,1-5H3;2*1H4. The van der Waals surface area contributed by atoms with E-state index in [4.69, 9.17) is 30.4 Å². The molecule has 7 N–H and O–H groups in total. The van der Waals surface area contributed by atoms with Crippen molar-refractivity contribution in [2.24, 2.45) is 17.6 Å². The van der Waals surface area contributed by atoms with Gasteiger partial charge < -0.3 is 35.7 Å². The van der Waals surface area contributed by atoms with Crippen LogP contribution in [0.2, 0.25) is 0 Å². The number of aromatic nitrogens is 11. The number of nitrogen functional groups attached to an aromatic ring is 1. The van der Waals surface area contributed by atoms with Gasteiger partial charge in [-0.3, -0.25) is 24.6 Å². The van der Waals surface area contributed by atoms with Crippen LogP contribution >= 0.6 is 0 Å². The molecule has 72 heavy (non-hydrogen) atoms. The molecule has 22 nitrogen and oxygen atoms in total. The van der Waals surface area contributed by atoms with Crippen LogP contribution in [0.15, 0.2) is 78.6 Å². The monoisotopic (exact) mass is 997 g/mol. The molecule has 1 amide bonds. The number of anilines is 1. The fraction of sp³-hybridized carbons (Fsp3) is 0.440. The summed E-state index contributed by atoms with van der Waals surface area (Å²) in [6, 6.07) is 7.05. The molecule has 0 saturated carbocycles. The zero-order valence-corrected chi connectivity index (χ0v) is 41.5. The normalized spacial score (nSPS) is 11.4. The third-order valence-electron chi connectivity index (χ3n) is 9.96.